The van der Waals surface area contributed by atoms with Crippen molar-refractivity contribution in [3.05, 3.63) is 74.7 Å². The predicted octanol–water partition coefficient (Wildman–Crippen LogP) is 3.86. The highest BCUT2D eigenvalue weighted by atomic mass is 79.9. The van der Waals surface area contributed by atoms with Crippen molar-refractivity contribution >= 4 is 39.0 Å². The number of nitrogens with zero attached hydrogens (tertiary/aromatic N) is 1. The van der Waals surface area contributed by atoms with Gasteiger partial charge in [0.15, 0.2) is 0 Å². The van der Waals surface area contributed by atoms with E-state index in [1.54, 1.807) is 12.1 Å². The van der Waals surface area contributed by atoms with E-state index in [2.05, 4.69) is 25.9 Å². The summed E-state index contributed by atoms with van der Waals surface area (Å²) in [5.41, 5.74) is 1.63. The van der Waals surface area contributed by atoms with E-state index in [9.17, 15) is 4.79 Å². The molecule has 0 aliphatic carbocycles. The summed E-state index contributed by atoms with van der Waals surface area (Å²) in [7, 11) is 0. The molecule has 0 spiro atoms. The van der Waals surface area contributed by atoms with Crippen molar-refractivity contribution in [2.45, 2.75) is 0 Å². The third-order valence-corrected chi connectivity index (χ3v) is 3.46. The summed E-state index contributed by atoms with van der Waals surface area (Å²) in [4.78, 5) is 19.1. The molecule has 0 bridgehead atoms. The molecule has 3 aromatic rings. The van der Waals surface area contributed by atoms with E-state index in [0.717, 1.165) is 10.0 Å². The van der Waals surface area contributed by atoms with Crippen LogP contribution in [0.5, 0.6) is 0 Å². The molecule has 0 atom stereocenters. The summed E-state index contributed by atoms with van der Waals surface area (Å²) in [6, 6.07) is 15.2. The fourth-order valence-corrected chi connectivity index (χ4v) is 2.20. The molecule has 0 saturated carbocycles. The molecule has 1 aromatic heterocycles. The molecule has 3 rings (SSSR count). The van der Waals surface area contributed by atoms with Gasteiger partial charge in [-0.3, -0.25) is 4.79 Å². The molecule has 3 nitrogen and oxygen atoms in total. The topological polar surface area (TPSA) is 45.8 Å². The fraction of sp³-hybridized carbons (Fsp3) is 0. The number of para-hydroxylation sites is 1. The first-order valence-corrected chi connectivity index (χ1v) is 6.94. The molecule has 1 N–H and O–H groups in total. The number of hydrogen-bond donors (Lipinski definition) is 1. The summed E-state index contributed by atoms with van der Waals surface area (Å²) in [6.45, 7) is 0. The van der Waals surface area contributed by atoms with Gasteiger partial charge in [0.2, 0.25) is 0 Å². The zero-order chi connectivity index (χ0) is 13.9. The van der Waals surface area contributed by atoms with Crippen LogP contribution in [0.3, 0.4) is 0 Å². The molecule has 0 unspecified atom stereocenters. The van der Waals surface area contributed by atoms with Gasteiger partial charge in [0.1, 0.15) is 5.82 Å². The van der Waals surface area contributed by atoms with Crippen LogP contribution in [0.1, 0.15) is 11.4 Å². The van der Waals surface area contributed by atoms with Gasteiger partial charge in [0, 0.05) is 4.47 Å². The maximum atomic E-state index is 11.9. The normalized spacial score (nSPS) is 11.2. The number of H-pyrrole nitrogens is 1. The van der Waals surface area contributed by atoms with Crippen molar-refractivity contribution in [3.63, 3.8) is 0 Å². The van der Waals surface area contributed by atoms with Crippen LogP contribution in [-0.4, -0.2) is 9.97 Å². The average molecular weight is 327 g/mol. The molecular formula is C16H11BrN2O. The largest absolute Gasteiger partial charge is 0.306 e. The molecule has 4 heteroatoms. The second-order valence-corrected chi connectivity index (χ2v) is 5.27. The van der Waals surface area contributed by atoms with Gasteiger partial charge in [0.25, 0.3) is 5.56 Å². The van der Waals surface area contributed by atoms with Crippen molar-refractivity contribution in [1.82, 2.24) is 9.97 Å². The van der Waals surface area contributed by atoms with E-state index in [1.807, 2.05) is 48.5 Å². The predicted molar refractivity (Wildman–Crippen MR) is 85.4 cm³/mol. The standard InChI is InChI=1S/C16H11BrN2O/c17-12-8-5-11(6-9-12)7-10-15-18-14-4-2-1-3-13(14)16(20)19-15/h1-10H,(H,18,19,20)/b10-7+. The van der Waals surface area contributed by atoms with Gasteiger partial charge in [-0.1, -0.05) is 46.3 Å². The van der Waals surface area contributed by atoms with Gasteiger partial charge in [-0.2, -0.15) is 0 Å². The summed E-state index contributed by atoms with van der Waals surface area (Å²) in [5, 5.41) is 0.605. The maximum absolute atomic E-state index is 11.9. The number of halogens is 1. The molecule has 2 aromatic carbocycles. The van der Waals surface area contributed by atoms with Crippen LogP contribution in [0, 0.1) is 0 Å². The molecule has 0 saturated heterocycles. The van der Waals surface area contributed by atoms with Crippen LogP contribution >= 0.6 is 15.9 Å². The second-order valence-electron chi connectivity index (χ2n) is 4.35. The quantitative estimate of drug-likeness (QED) is 0.777. The number of fused-ring (bicyclic) bond motifs is 1. The Morgan fingerprint density at radius 1 is 1.00 bits per heavy atom. The van der Waals surface area contributed by atoms with E-state index >= 15 is 0 Å². The molecular weight excluding hydrogens is 316 g/mol. The van der Waals surface area contributed by atoms with Gasteiger partial charge in [0.05, 0.1) is 10.9 Å². The Labute approximate surface area is 124 Å². The average Bonchev–Trinajstić information content (AvgIpc) is 2.47. The van der Waals surface area contributed by atoms with Gasteiger partial charge in [-0.25, -0.2) is 4.98 Å². The van der Waals surface area contributed by atoms with Crippen LogP contribution in [-0.2, 0) is 0 Å². The molecule has 0 radical (unpaired) electrons. The van der Waals surface area contributed by atoms with Gasteiger partial charge >= 0.3 is 0 Å². The fourth-order valence-electron chi connectivity index (χ4n) is 1.93. The minimum absolute atomic E-state index is 0.119. The Balaban J connectivity index is 1.98. The minimum Gasteiger partial charge on any atom is -0.306 e. The lowest BCUT2D eigenvalue weighted by Crippen LogP contribution is -2.09. The van der Waals surface area contributed by atoms with Crippen LogP contribution in [0.25, 0.3) is 23.1 Å². The second kappa shape index (κ2) is 5.43. The summed E-state index contributed by atoms with van der Waals surface area (Å²) < 4.78 is 1.03. The number of hydrogen-bond acceptors (Lipinski definition) is 2. The van der Waals surface area contributed by atoms with E-state index in [1.165, 1.54) is 0 Å². The lowest BCUT2D eigenvalue weighted by atomic mass is 10.2. The third-order valence-electron chi connectivity index (χ3n) is 2.93. The van der Waals surface area contributed by atoms with E-state index in [-0.39, 0.29) is 5.56 Å². The molecule has 98 valence electrons. The number of nitrogens with one attached hydrogen (secondary N) is 1. The molecule has 0 aliphatic rings. The van der Waals surface area contributed by atoms with Crippen LogP contribution in [0.2, 0.25) is 0 Å². The lowest BCUT2D eigenvalue weighted by molar-refractivity contribution is 1.14. The van der Waals surface area contributed by atoms with E-state index in [0.29, 0.717) is 16.7 Å². The third kappa shape index (κ3) is 2.70. The first-order valence-electron chi connectivity index (χ1n) is 6.15. The molecule has 1 heterocycles. The highest BCUT2D eigenvalue weighted by Crippen LogP contribution is 2.13. The summed E-state index contributed by atoms with van der Waals surface area (Å²) >= 11 is 3.39. The number of aromatic nitrogens is 2. The van der Waals surface area contributed by atoms with E-state index in [4.69, 9.17) is 0 Å². The Kier molecular flexibility index (Phi) is 3.48. The van der Waals surface area contributed by atoms with Gasteiger partial charge in [-0.15, -0.1) is 0 Å². The van der Waals surface area contributed by atoms with Crippen molar-refractivity contribution in [2.75, 3.05) is 0 Å². The van der Waals surface area contributed by atoms with Crippen molar-refractivity contribution < 1.29 is 0 Å². The SMILES string of the molecule is O=c1[nH]c(/C=C/c2ccc(Br)cc2)nc2ccccc12. The minimum atomic E-state index is -0.119. The molecule has 20 heavy (non-hydrogen) atoms. The molecule has 0 amide bonds. The maximum Gasteiger partial charge on any atom is 0.259 e. The Morgan fingerprint density at radius 3 is 2.55 bits per heavy atom. The lowest BCUT2D eigenvalue weighted by Gasteiger charge is -1.98. The Hall–Kier alpha value is -2.20. The van der Waals surface area contributed by atoms with Crippen LogP contribution in [0.15, 0.2) is 57.8 Å². The smallest absolute Gasteiger partial charge is 0.259 e. The van der Waals surface area contributed by atoms with Crippen molar-refractivity contribution in [1.29, 1.82) is 0 Å². The van der Waals surface area contributed by atoms with Crippen molar-refractivity contribution in [3.8, 4) is 0 Å². The zero-order valence-corrected chi connectivity index (χ0v) is 12.1. The van der Waals surface area contributed by atoms with Gasteiger partial charge < -0.3 is 4.98 Å². The highest BCUT2D eigenvalue weighted by molar-refractivity contribution is 9.10. The van der Waals surface area contributed by atoms with Crippen LogP contribution in [0.4, 0.5) is 0 Å². The van der Waals surface area contributed by atoms with E-state index < -0.39 is 0 Å². The number of aromatic amines is 1. The molecule has 0 aliphatic heterocycles. The highest BCUT2D eigenvalue weighted by Gasteiger charge is 2.00. The van der Waals surface area contributed by atoms with Crippen molar-refractivity contribution in [2.24, 2.45) is 0 Å². The molecule has 0 fully saturated rings. The number of benzene rings is 2. The summed E-state index contributed by atoms with van der Waals surface area (Å²) in [6.07, 6.45) is 3.72. The monoisotopic (exact) mass is 326 g/mol. The number of rotatable bonds is 2. The summed E-state index contributed by atoms with van der Waals surface area (Å²) in [5.74, 6) is 0.552. The van der Waals surface area contributed by atoms with Gasteiger partial charge in [-0.05, 0) is 35.9 Å². The first kappa shape index (κ1) is 12.8. The Morgan fingerprint density at radius 2 is 1.75 bits per heavy atom. The zero-order valence-electron chi connectivity index (χ0n) is 10.5. The Bertz CT molecular complexity index is 835. The van der Waals surface area contributed by atoms with Crippen LogP contribution < -0.4 is 5.56 Å². The first-order chi connectivity index (χ1) is 9.72.